The Morgan fingerprint density at radius 3 is 2.48 bits per heavy atom. The number of hydrogen-bond acceptors (Lipinski definition) is 4. The summed E-state index contributed by atoms with van der Waals surface area (Å²) in [4.78, 5) is 14.9. The number of amides is 1. The zero-order valence-corrected chi connectivity index (χ0v) is 15.4. The number of carbonyl (C=O) groups is 1. The SMILES string of the molecule is CCC(CNC(=O)c1ccc(C2SCCS2)cc1)N1CCCC1. The summed E-state index contributed by atoms with van der Waals surface area (Å²) in [6, 6.07) is 8.65. The normalized spacial score (nSPS) is 20.7. The van der Waals surface area contributed by atoms with Gasteiger partial charge < -0.3 is 5.32 Å². The first-order valence-electron chi connectivity index (χ1n) is 8.63. The lowest BCUT2D eigenvalue weighted by atomic mass is 10.1. The summed E-state index contributed by atoms with van der Waals surface area (Å²) in [5.41, 5.74) is 2.11. The molecule has 1 unspecified atom stereocenters. The predicted molar refractivity (Wildman–Crippen MR) is 101 cm³/mol. The molecule has 1 aromatic rings. The van der Waals surface area contributed by atoms with Crippen LogP contribution in [0.2, 0.25) is 0 Å². The van der Waals surface area contributed by atoms with E-state index in [9.17, 15) is 4.79 Å². The van der Waals surface area contributed by atoms with Gasteiger partial charge in [0, 0.05) is 29.7 Å². The van der Waals surface area contributed by atoms with Crippen molar-refractivity contribution >= 4 is 29.4 Å². The smallest absolute Gasteiger partial charge is 0.251 e. The van der Waals surface area contributed by atoms with Crippen LogP contribution in [0.3, 0.4) is 0 Å². The highest BCUT2D eigenvalue weighted by Crippen LogP contribution is 2.45. The van der Waals surface area contributed by atoms with E-state index in [1.807, 2.05) is 35.7 Å². The van der Waals surface area contributed by atoms with Gasteiger partial charge in [0.25, 0.3) is 5.91 Å². The molecule has 0 radical (unpaired) electrons. The van der Waals surface area contributed by atoms with Crippen molar-refractivity contribution in [3.05, 3.63) is 35.4 Å². The Morgan fingerprint density at radius 1 is 1.22 bits per heavy atom. The monoisotopic (exact) mass is 350 g/mol. The maximum Gasteiger partial charge on any atom is 0.251 e. The van der Waals surface area contributed by atoms with Gasteiger partial charge in [0.1, 0.15) is 0 Å². The molecule has 3 nitrogen and oxygen atoms in total. The summed E-state index contributed by atoms with van der Waals surface area (Å²) >= 11 is 4.00. The van der Waals surface area contributed by atoms with E-state index in [2.05, 4.69) is 29.3 Å². The molecule has 3 rings (SSSR count). The van der Waals surface area contributed by atoms with E-state index in [1.165, 1.54) is 43.0 Å². The zero-order valence-electron chi connectivity index (χ0n) is 13.8. The molecule has 2 heterocycles. The van der Waals surface area contributed by atoms with Crippen LogP contribution in [-0.4, -0.2) is 48.0 Å². The van der Waals surface area contributed by atoms with Gasteiger partial charge in [-0.1, -0.05) is 19.1 Å². The molecule has 1 atom stereocenters. The molecule has 2 fully saturated rings. The van der Waals surface area contributed by atoms with Crippen LogP contribution in [0.4, 0.5) is 0 Å². The largest absolute Gasteiger partial charge is 0.350 e. The van der Waals surface area contributed by atoms with Crippen molar-refractivity contribution in [1.82, 2.24) is 10.2 Å². The highest BCUT2D eigenvalue weighted by atomic mass is 32.2. The Kier molecular flexibility index (Phi) is 6.31. The van der Waals surface area contributed by atoms with Crippen molar-refractivity contribution in [1.29, 1.82) is 0 Å². The highest BCUT2D eigenvalue weighted by molar-refractivity contribution is 8.19. The fourth-order valence-electron chi connectivity index (χ4n) is 3.29. The van der Waals surface area contributed by atoms with Crippen molar-refractivity contribution in [2.75, 3.05) is 31.1 Å². The average Bonchev–Trinajstić information content (AvgIpc) is 3.29. The first kappa shape index (κ1) is 17.2. The third-order valence-electron chi connectivity index (χ3n) is 4.69. The third kappa shape index (κ3) is 4.46. The summed E-state index contributed by atoms with van der Waals surface area (Å²) in [6.45, 7) is 5.33. The second-order valence-corrected chi connectivity index (χ2v) is 8.94. The van der Waals surface area contributed by atoms with Crippen molar-refractivity contribution in [3.63, 3.8) is 0 Å². The number of thioether (sulfide) groups is 2. The Hall–Kier alpha value is -0.650. The Morgan fingerprint density at radius 2 is 1.87 bits per heavy atom. The summed E-state index contributed by atoms with van der Waals surface area (Å²) in [5.74, 6) is 2.51. The van der Waals surface area contributed by atoms with Crippen LogP contribution >= 0.6 is 23.5 Å². The van der Waals surface area contributed by atoms with Gasteiger partial charge in [-0.05, 0) is 50.0 Å². The highest BCUT2D eigenvalue weighted by Gasteiger charge is 2.21. The molecule has 126 valence electrons. The second-order valence-electron chi connectivity index (χ2n) is 6.21. The number of benzene rings is 1. The van der Waals surface area contributed by atoms with Crippen molar-refractivity contribution in [3.8, 4) is 0 Å². The van der Waals surface area contributed by atoms with Gasteiger partial charge in [-0.3, -0.25) is 9.69 Å². The number of nitrogens with zero attached hydrogens (tertiary/aromatic N) is 1. The molecular formula is C18H26N2OS2. The number of nitrogens with one attached hydrogen (secondary N) is 1. The molecule has 2 aliphatic heterocycles. The van der Waals surface area contributed by atoms with Gasteiger partial charge in [-0.25, -0.2) is 0 Å². The zero-order chi connectivity index (χ0) is 16.1. The quantitative estimate of drug-likeness (QED) is 0.846. The van der Waals surface area contributed by atoms with E-state index in [0.717, 1.165) is 18.5 Å². The molecule has 1 amide bonds. The summed E-state index contributed by atoms with van der Waals surface area (Å²) in [6.07, 6.45) is 3.68. The fraction of sp³-hybridized carbons (Fsp3) is 0.611. The molecule has 5 heteroatoms. The average molecular weight is 351 g/mol. The van der Waals surface area contributed by atoms with E-state index in [0.29, 0.717) is 10.6 Å². The first-order chi connectivity index (χ1) is 11.3. The molecule has 0 bridgehead atoms. The van der Waals surface area contributed by atoms with Crippen molar-refractivity contribution in [2.45, 2.75) is 36.8 Å². The summed E-state index contributed by atoms with van der Waals surface area (Å²) < 4.78 is 0.548. The minimum Gasteiger partial charge on any atom is -0.350 e. The summed E-state index contributed by atoms with van der Waals surface area (Å²) in [7, 11) is 0. The van der Waals surface area contributed by atoms with Crippen LogP contribution in [-0.2, 0) is 0 Å². The van der Waals surface area contributed by atoms with Gasteiger partial charge in [-0.15, -0.1) is 23.5 Å². The van der Waals surface area contributed by atoms with Gasteiger partial charge in [-0.2, -0.15) is 0 Å². The van der Waals surface area contributed by atoms with Crippen LogP contribution < -0.4 is 5.32 Å². The van der Waals surface area contributed by atoms with E-state index in [4.69, 9.17) is 0 Å². The molecule has 0 aromatic heterocycles. The molecule has 0 spiro atoms. The summed E-state index contributed by atoms with van der Waals surface area (Å²) in [5, 5.41) is 3.12. The van der Waals surface area contributed by atoms with Crippen LogP contribution in [0, 0.1) is 0 Å². The number of carbonyl (C=O) groups excluding carboxylic acids is 1. The van der Waals surface area contributed by atoms with Crippen LogP contribution in [0.25, 0.3) is 0 Å². The minimum atomic E-state index is 0.0564. The van der Waals surface area contributed by atoms with Crippen molar-refractivity contribution < 1.29 is 4.79 Å². The third-order valence-corrected chi connectivity index (χ3v) is 7.80. The molecule has 23 heavy (non-hydrogen) atoms. The van der Waals surface area contributed by atoms with E-state index in [1.54, 1.807) is 0 Å². The van der Waals surface area contributed by atoms with E-state index < -0.39 is 0 Å². The van der Waals surface area contributed by atoms with Gasteiger partial charge >= 0.3 is 0 Å². The fourth-order valence-corrected chi connectivity index (χ4v) is 6.15. The second kappa shape index (κ2) is 8.45. The maximum atomic E-state index is 12.4. The van der Waals surface area contributed by atoms with Crippen LogP contribution in [0.1, 0.15) is 46.7 Å². The maximum absolute atomic E-state index is 12.4. The van der Waals surface area contributed by atoms with Crippen LogP contribution in [0.15, 0.2) is 24.3 Å². The molecule has 1 N–H and O–H groups in total. The molecule has 2 saturated heterocycles. The van der Waals surface area contributed by atoms with Crippen LogP contribution in [0.5, 0.6) is 0 Å². The number of rotatable bonds is 6. The molecular weight excluding hydrogens is 324 g/mol. The minimum absolute atomic E-state index is 0.0564. The van der Waals surface area contributed by atoms with Gasteiger partial charge in [0.05, 0.1) is 4.58 Å². The predicted octanol–water partition coefficient (Wildman–Crippen LogP) is 3.77. The van der Waals surface area contributed by atoms with E-state index in [-0.39, 0.29) is 5.91 Å². The number of likely N-dealkylation sites (tertiary alicyclic amines) is 1. The number of hydrogen-bond donors (Lipinski definition) is 1. The topological polar surface area (TPSA) is 32.3 Å². The van der Waals surface area contributed by atoms with Crippen molar-refractivity contribution in [2.24, 2.45) is 0 Å². The lowest BCUT2D eigenvalue weighted by Gasteiger charge is -2.26. The Bertz CT molecular complexity index is 508. The molecule has 0 aliphatic carbocycles. The molecule has 0 saturated carbocycles. The van der Waals surface area contributed by atoms with E-state index >= 15 is 0 Å². The van der Waals surface area contributed by atoms with Gasteiger partial charge in [0.15, 0.2) is 0 Å². The lowest BCUT2D eigenvalue weighted by molar-refractivity contribution is 0.0937. The first-order valence-corrected chi connectivity index (χ1v) is 10.7. The Labute approximate surface area is 148 Å². The Balaban J connectivity index is 1.52. The van der Waals surface area contributed by atoms with Gasteiger partial charge in [0.2, 0.25) is 0 Å². The molecule has 1 aromatic carbocycles. The lowest BCUT2D eigenvalue weighted by Crippen LogP contribution is -2.42. The standard InChI is InChI=1S/C18H26N2OS2/c1-2-16(20-9-3-4-10-20)13-19-17(21)14-5-7-15(8-6-14)18-22-11-12-23-18/h5-8,16,18H,2-4,9-13H2,1H3,(H,19,21). The molecule has 2 aliphatic rings.